The summed E-state index contributed by atoms with van der Waals surface area (Å²) >= 11 is 0. The summed E-state index contributed by atoms with van der Waals surface area (Å²) in [5, 5.41) is 3.44. The fraction of sp³-hybridized carbons (Fsp3) is 0.500. The monoisotopic (exact) mass is 285 g/mol. The molecule has 0 radical (unpaired) electrons. The maximum absolute atomic E-state index is 4.45. The first-order valence-electron chi connectivity index (χ1n) is 7.55. The smallest absolute Gasteiger partial charge is 0.120 e. The molecule has 1 heterocycles. The van der Waals surface area contributed by atoms with Gasteiger partial charge in [-0.1, -0.05) is 45.0 Å². The number of nitrogens with one attached hydrogen (secondary N) is 2. The minimum atomic E-state index is 0.0985. The van der Waals surface area contributed by atoms with Crippen LogP contribution in [-0.4, -0.2) is 15.5 Å². The number of hydrogen-bond donors (Lipinski definition) is 2. The third kappa shape index (κ3) is 4.43. The van der Waals surface area contributed by atoms with Gasteiger partial charge in [-0.15, -0.1) is 0 Å². The second-order valence-corrected chi connectivity index (χ2v) is 7.67. The molecule has 114 valence electrons. The normalized spacial score (nSPS) is 12.7. The molecular weight excluding hydrogens is 258 g/mol. The number of H-pyrrole nitrogens is 1. The van der Waals surface area contributed by atoms with Crippen LogP contribution in [0.5, 0.6) is 0 Å². The largest absolute Gasteiger partial charge is 0.341 e. The molecule has 0 aliphatic carbocycles. The second kappa shape index (κ2) is 5.64. The van der Waals surface area contributed by atoms with Gasteiger partial charge in [0.05, 0.1) is 18.4 Å². The van der Waals surface area contributed by atoms with Crippen molar-refractivity contribution in [3.8, 4) is 11.3 Å². The fourth-order valence-corrected chi connectivity index (χ4v) is 2.10. The average Bonchev–Trinajstić information content (AvgIpc) is 2.83. The van der Waals surface area contributed by atoms with Crippen LogP contribution in [0.4, 0.5) is 0 Å². The van der Waals surface area contributed by atoms with Gasteiger partial charge in [0.2, 0.25) is 0 Å². The van der Waals surface area contributed by atoms with E-state index in [4.69, 9.17) is 0 Å². The third-order valence-corrected chi connectivity index (χ3v) is 3.48. The zero-order valence-corrected chi connectivity index (χ0v) is 14.0. The molecular formula is C18H27N3. The molecule has 0 amide bonds. The van der Waals surface area contributed by atoms with Gasteiger partial charge in [-0.05, 0) is 37.3 Å². The van der Waals surface area contributed by atoms with E-state index in [1.165, 1.54) is 11.1 Å². The Balaban J connectivity index is 2.11. The molecule has 0 bridgehead atoms. The number of aromatic amines is 1. The lowest BCUT2D eigenvalue weighted by molar-refractivity contribution is 0.418. The van der Waals surface area contributed by atoms with E-state index in [1.807, 2.05) is 6.20 Å². The predicted molar refractivity (Wildman–Crippen MR) is 89.3 cm³/mol. The van der Waals surface area contributed by atoms with Gasteiger partial charge >= 0.3 is 0 Å². The Kier molecular flexibility index (Phi) is 4.24. The summed E-state index contributed by atoms with van der Waals surface area (Å²) in [5.74, 6) is 0.972. The molecule has 0 atom stereocenters. The standard InChI is InChI=1S/C18H27N3/c1-17(2,3)14-9-7-13(8-10-14)15-11-19-16(21-15)12-20-18(4,5)6/h7-11,20H,12H2,1-6H3,(H,19,21). The molecule has 0 aliphatic heterocycles. The lowest BCUT2D eigenvalue weighted by atomic mass is 9.86. The van der Waals surface area contributed by atoms with Crippen LogP contribution in [0.15, 0.2) is 30.5 Å². The van der Waals surface area contributed by atoms with E-state index in [2.05, 4.69) is 81.1 Å². The fourth-order valence-electron chi connectivity index (χ4n) is 2.10. The zero-order chi connectivity index (χ0) is 15.7. The Labute approximate surface area is 128 Å². The van der Waals surface area contributed by atoms with Gasteiger partial charge in [-0.2, -0.15) is 0 Å². The Hall–Kier alpha value is -1.61. The van der Waals surface area contributed by atoms with E-state index in [0.717, 1.165) is 18.1 Å². The van der Waals surface area contributed by atoms with Crippen molar-refractivity contribution in [3.05, 3.63) is 41.9 Å². The highest BCUT2D eigenvalue weighted by atomic mass is 15.0. The minimum Gasteiger partial charge on any atom is -0.341 e. The summed E-state index contributed by atoms with van der Waals surface area (Å²) in [6.07, 6.45) is 1.91. The van der Waals surface area contributed by atoms with Gasteiger partial charge in [-0.3, -0.25) is 0 Å². The van der Waals surface area contributed by atoms with Crippen LogP contribution >= 0.6 is 0 Å². The van der Waals surface area contributed by atoms with Gasteiger partial charge in [0.1, 0.15) is 5.82 Å². The van der Waals surface area contributed by atoms with Crippen molar-refractivity contribution >= 4 is 0 Å². The van der Waals surface area contributed by atoms with Crippen molar-refractivity contribution in [3.63, 3.8) is 0 Å². The highest BCUT2D eigenvalue weighted by molar-refractivity contribution is 5.59. The van der Waals surface area contributed by atoms with Crippen molar-refractivity contribution < 1.29 is 0 Å². The predicted octanol–water partition coefficient (Wildman–Crippen LogP) is 4.26. The van der Waals surface area contributed by atoms with Crippen LogP contribution in [0.25, 0.3) is 11.3 Å². The maximum Gasteiger partial charge on any atom is 0.120 e. The second-order valence-electron chi connectivity index (χ2n) is 7.67. The summed E-state index contributed by atoms with van der Waals surface area (Å²) in [7, 11) is 0. The molecule has 1 aromatic carbocycles. The van der Waals surface area contributed by atoms with Gasteiger partial charge in [0.25, 0.3) is 0 Å². The zero-order valence-electron chi connectivity index (χ0n) is 14.0. The van der Waals surface area contributed by atoms with E-state index in [1.54, 1.807) is 0 Å². The Morgan fingerprint density at radius 2 is 1.62 bits per heavy atom. The Bertz CT molecular complexity index is 580. The molecule has 0 aliphatic rings. The van der Waals surface area contributed by atoms with Crippen LogP contribution in [0, 0.1) is 0 Å². The molecule has 0 spiro atoms. The molecule has 0 fully saturated rings. The maximum atomic E-state index is 4.45. The van der Waals surface area contributed by atoms with Crippen LogP contribution in [0.1, 0.15) is 52.9 Å². The van der Waals surface area contributed by atoms with E-state index < -0.39 is 0 Å². The Morgan fingerprint density at radius 3 is 2.14 bits per heavy atom. The Morgan fingerprint density at radius 1 is 1.00 bits per heavy atom. The van der Waals surface area contributed by atoms with Gasteiger partial charge < -0.3 is 10.3 Å². The SMILES string of the molecule is CC(C)(C)NCc1ncc(-c2ccc(C(C)(C)C)cc2)[nH]1. The summed E-state index contributed by atoms with van der Waals surface area (Å²) < 4.78 is 0. The average molecular weight is 285 g/mol. The topological polar surface area (TPSA) is 40.7 Å². The van der Waals surface area contributed by atoms with Crippen molar-refractivity contribution in [1.82, 2.24) is 15.3 Å². The van der Waals surface area contributed by atoms with Gasteiger partial charge in [0, 0.05) is 5.54 Å². The van der Waals surface area contributed by atoms with Crippen molar-refractivity contribution in [2.45, 2.75) is 59.0 Å². The first kappa shape index (κ1) is 15.8. The molecule has 3 nitrogen and oxygen atoms in total. The van der Waals surface area contributed by atoms with E-state index in [9.17, 15) is 0 Å². The quantitative estimate of drug-likeness (QED) is 0.884. The third-order valence-electron chi connectivity index (χ3n) is 3.48. The first-order valence-corrected chi connectivity index (χ1v) is 7.55. The molecule has 2 rings (SSSR count). The molecule has 0 saturated carbocycles. The van der Waals surface area contributed by atoms with Crippen molar-refractivity contribution in [2.24, 2.45) is 0 Å². The molecule has 1 aromatic heterocycles. The first-order chi connectivity index (χ1) is 9.65. The van der Waals surface area contributed by atoms with Crippen LogP contribution in [-0.2, 0) is 12.0 Å². The summed E-state index contributed by atoms with van der Waals surface area (Å²) in [6.45, 7) is 13.9. The summed E-state index contributed by atoms with van der Waals surface area (Å²) in [6, 6.07) is 8.72. The lowest BCUT2D eigenvalue weighted by Gasteiger charge is -2.19. The lowest BCUT2D eigenvalue weighted by Crippen LogP contribution is -2.35. The van der Waals surface area contributed by atoms with Crippen molar-refractivity contribution in [2.75, 3.05) is 0 Å². The summed E-state index contributed by atoms with van der Waals surface area (Å²) in [5.41, 5.74) is 3.88. The highest BCUT2D eigenvalue weighted by Crippen LogP contribution is 2.25. The highest BCUT2D eigenvalue weighted by Gasteiger charge is 2.14. The van der Waals surface area contributed by atoms with E-state index in [-0.39, 0.29) is 11.0 Å². The van der Waals surface area contributed by atoms with Gasteiger partial charge in [-0.25, -0.2) is 4.98 Å². The number of aromatic nitrogens is 2. The molecule has 3 heteroatoms. The molecule has 21 heavy (non-hydrogen) atoms. The van der Waals surface area contributed by atoms with Crippen LogP contribution in [0.2, 0.25) is 0 Å². The van der Waals surface area contributed by atoms with E-state index in [0.29, 0.717) is 0 Å². The number of imidazole rings is 1. The minimum absolute atomic E-state index is 0.0985. The number of rotatable bonds is 3. The number of hydrogen-bond acceptors (Lipinski definition) is 2. The molecule has 0 saturated heterocycles. The number of benzene rings is 1. The van der Waals surface area contributed by atoms with E-state index >= 15 is 0 Å². The molecule has 2 aromatic rings. The number of nitrogens with zero attached hydrogens (tertiary/aromatic N) is 1. The van der Waals surface area contributed by atoms with Crippen molar-refractivity contribution in [1.29, 1.82) is 0 Å². The summed E-state index contributed by atoms with van der Waals surface area (Å²) in [4.78, 5) is 7.84. The molecule has 0 unspecified atom stereocenters. The van der Waals surface area contributed by atoms with Crippen LogP contribution < -0.4 is 5.32 Å². The van der Waals surface area contributed by atoms with Crippen LogP contribution in [0.3, 0.4) is 0 Å². The van der Waals surface area contributed by atoms with Gasteiger partial charge in [0.15, 0.2) is 0 Å². The molecule has 2 N–H and O–H groups in total.